The number of hydrogen-bond acceptors (Lipinski definition) is 3. The Kier molecular flexibility index (Phi) is 2.84. The van der Waals surface area contributed by atoms with Crippen molar-refractivity contribution in [2.24, 2.45) is 13.0 Å². The molecule has 1 N–H and O–H groups in total. The molecule has 4 heteroatoms. The molecule has 1 aromatic heterocycles. The summed E-state index contributed by atoms with van der Waals surface area (Å²) < 4.78 is 1.92. The zero-order chi connectivity index (χ0) is 9.97. The highest BCUT2D eigenvalue weighted by atomic mass is 16.3. The van der Waals surface area contributed by atoms with Crippen molar-refractivity contribution in [1.82, 2.24) is 14.7 Å². The zero-order valence-corrected chi connectivity index (χ0v) is 8.56. The average molecular weight is 195 g/mol. The SMILES string of the molecule is Cn1nccc1CCN1CC(CO)C1. The standard InChI is InChI=1S/C10H17N3O/c1-12-10(2-4-11-12)3-5-13-6-9(7-13)8-14/h2,4,9,14H,3,5-8H2,1H3. The van der Waals surface area contributed by atoms with Gasteiger partial charge in [-0.1, -0.05) is 0 Å². The number of likely N-dealkylation sites (tertiary alicyclic amines) is 1. The van der Waals surface area contributed by atoms with E-state index in [9.17, 15) is 0 Å². The highest BCUT2D eigenvalue weighted by Crippen LogP contribution is 2.14. The Morgan fingerprint density at radius 3 is 2.93 bits per heavy atom. The maximum Gasteiger partial charge on any atom is 0.0492 e. The summed E-state index contributed by atoms with van der Waals surface area (Å²) in [6, 6.07) is 2.06. The summed E-state index contributed by atoms with van der Waals surface area (Å²) in [6.07, 6.45) is 2.89. The fraction of sp³-hybridized carbons (Fsp3) is 0.700. The summed E-state index contributed by atoms with van der Waals surface area (Å²) in [5.74, 6) is 0.515. The minimum atomic E-state index is 0.336. The number of aryl methyl sites for hydroxylation is 1. The Morgan fingerprint density at radius 2 is 2.36 bits per heavy atom. The van der Waals surface area contributed by atoms with E-state index in [2.05, 4.69) is 16.1 Å². The Balaban J connectivity index is 1.72. The van der Waals surface area contributed by atoms with Crippen LogP contribution in [0.2, 0.25) is 0 Å². The van der Waals surface area contributed by atoms with Crippen molar-refractivity contribution in [3.05, 3.63) is 18.0 Å². The maximum atomic E-state index is 8.86. The number of nitrogens with zero attached hydrogens (tertiary/aromatic N) is 3. The van der Waals surface area contributed by atoms with Gasteiger partial charge in [0.15, 0.2) is 0 Å². The Bertz CT molecular complexity index is 291. The van der Waals surface area contributed by atoms with E-state index in [0.717, 1.165) is 26.1 Å². The summed E-state index contributed by atoms with van der Waals surface area (Å²) in [6.45, 7) is 3.51. The molecule has 2 rings (SSSR count). The second-order valence-corrected chi connectivity index (χ2v) is 4.00. The molecule has 0 bridgehead atoms. The molecular formula is C10H17N3O. The van der Waals surface area contributed by atoms with Crippen LogP contribution < -0.4 is 0 Å². The first kappa shape index (κ1) is 9.68. The largest absolute Gasteiger partial charge is 0.396 e. The van der Waals surface area contributed by atoms with Crippen molar-refractivity contribution in [3.63, 3.8) is 0 Å². The first-order valence-corrected chi connectivity index (χ1v) is 5.09. The third-order valence-corrected chi connectivity index (χ3v) is 2.90. The van der Waals surface area contributed by atoms with Crippen molar-refractivity contribution >= 4 is 0 Å². The second kappa shape index (κ2) is 4.11. The van der Waals surface area contributed by atoms with E-state index in [-0.39, 0.29) is 0 Å². The van der Waals surface area contributed by atoms with E-state index >= 15 is 0 Å². The quantitative estimate of drug-likeness (QED) is 0.728. The molecule has 0 amide bonds. The van der Waals surface area contributed by atoms with Crippen LogP contribution >= 0.6 is 0 Å². The van der Waals surface area contributed by atoms with E-state index in [4.69, 9.17) is 5.11 Å². The van der Waals surface area contributed by atoms with E-state index in [0.29, 0.717) is 12.5 Å². The van der Waals surface area contributed by atoms with Crippen LogP contribution in [0.1, 0.15) is 5.69 Å². The molecule has 1 aromatic rings. The summed E-state index contributed by atoms with van der Waals surface area (Å²) in [7, 11) is 1.97. The molecule has 0 atom stereocenters. The van der Waals surface area contributed by atoms with Gasteiger partial charge in [-0.15, -0.1) is 0 Å². The lowest BCUT2D eigenvalue weighted by Crippen LogP contribution is -2.48. The van der Waals surface area contributed by atoms with E-state index in [1.165, 1.54) is 5.69 Å². The minimum absolute atomic E-state index is 0.336. The molecule has 2 heterocycles. The molecule has 0 unspecified atom stereocenters. The van der Waals surface area contributed by atoms with Crippen LogP contribution in [0.15, 0.2) is 12.3 Å². The van der Waals surface area contributed by atoms with E-state index in [1.54, 1.807) is 0 Å². The van der Waals surface area contributed by atoms with Crippen LogP contribution in [0.25, 0.3) is 0 Å². The topological polar surface area (TPSA) is 41.3 Å². The number of aliphatic hydroxyl groups is 1. The minimum Gasteiger partial charge on any atom is -0.396 e. The number of aromatic nitrogens is 2. The van der Waals surface area contributed by atoms with Crippen LogP contribution in [-0.4, -0.2) is 46.0 Å². The van der Waals surface area contributed by atoms with Crippen molar-refractivity contribution in [2.45, 2.75) is 6.42 Å². The molecule has 0 saturated carbocycles. The van der Waals surface area contributed by atoms with Gasteiger partial charge >= 0.3 is 0 Å². The van der Waals surface area contributed by atoms with Gasteiger partial charge in [0.2, 0.25) is 0 Å². The van der Waals surface area contributed by atoms with Crippen LogP contribution in [0.5, 0.6) is 0 Å². The van der Waals surface area contributed by atoms with Gasteiger partial charge in [-0.25, -0.2) is 0 Å². The van der Waals surface area contributed by atoms with Crippen LogP contribution in [0.4, 0.5) is 0 Å². The van der Waals surface area contributed by atoms with Crippen LogP contribution in [-0.2, 0) is 13.5 Å². The monoisotopic (exact) mass is 195 g/mol. The summed E-state index contributed by atoms with van der Waals surface area (Å²) in [5, 5.41) is 13.0. The third-order valence-electron chi connectivity index (χ3n) is 2.90. The fourth-order valence-corrected chi connectivity index (χ4v) is 1.89. The Morgan fingerprint density at radius 1 is 1.57 bits per heavy atom. The van der Waals surface area contributed by atoms with Gasteiger partial charge in [0.1, 0.15) is 0 Å². The Labute approximate surface area is 84.1 Å². The predicted molar refractivity (Wildman–Crippen MR) is 53.9 cm³/mol. The molecule has 4 nitrogen and oxygen atoms in total. The molecule has 1 saturated heterocycles. The Hall–Kier alpha value is -0.870. The summed E-state index contributed by atoms with van der Waals surface area (Å²) in [5.41, 5.74) is 1.28. The highest BCUT2D eigenvalue weighted by molar-refractivity contribution is 5.00. The highest BCUT2D eigenvalue weighted by Gasteiger charge is 2.25. The van der Waals surface area contributed by atoms with E-state index in [1.807, 2.05) is 17.9 Å². The third kappa shape index (κ3) is 1.96. The molecule has 78 valence electrons. The zero-order valence-electron chi connectivity index (χ0n) is 8.56. The van der Waals surface area contributed by atoms with Gasteiger partial charge < -0.3 is 10.0 Å². The van der Waals surface area contributed by atoms with Crippen LogP contribution in [0, 0.1) is 5.92 Å². The van der Waals surface area contributed by atoms with Gasteiger partial charge in [-0.05, 0) is 6.07 Å². The summed E-state index contributed by atoms with van der Waals surface area (Å²) >= 11 is 0. The van der Waals surface area contributed by atoms with Gasteiger partial charge in [-0.2, -0.15) is 5.10 Å². The molecular weight excluding hydrogens is 178 g/mol. The first-order chi connectivity index (χ1) is 6.79. The normalized spacial score (nSPS) is 18.4. The molecule has 0 spiro atoms. The molecule has 0 radical (unpaired) electrons. The van der Waals surface area contributed by atoms with Crippen molar-refractivity contribution in [2.75, 3.05) is 26.2 Å². The van der Waals surface area contributed by atoms with Gasteiger partial charge in [0.25, 0.3) is 0 Å². The van der Waals surface area contributed by atoms with Crippen molar-refractivity contribution in [3.8, 4) is 0 Å². The number of rotatable bonds is 4. The van der Waals surface area contributed by atoms with Crippen LogP contribution in [0.3, 0.4) is 0 Å². The molecule has 0 aromatic carbocycles. The lowest BCUT2D eigenvalue weighted by Gasteiger charge is -2.38. The van der Waals surface area contributed by atoms with Gasteiger partial charge in [0, 0.05) is 57.5 Å². The van der Waals surface area contributed by atoms with Gasteiger partial charge in [-0.3, -0.25) is 4.68 Å². The second-order valence-electron chi connectivity index (χ2n) is 4.00. The number of hydrogen-bond donors (Lipinski definition) is 1. The maximum absolute atomic E-state index is 8.86. The summed E-state index contributed by atoms with van der Waals surface area (Å²) in [4.78, 5) is 2.37. The van der Waals surface area contributed by atoms with Crippen molar-refractivity contribution in [1.29, 1.82) is 0 Å². The molecule has 1 aliphatic heterocycles. The van der Waals surface area contributed by atoms with E-state index < -0.39 is 0 Å². The lowest BCUT2D eigenvalue weighted by atomic mass is 10.0. The molecule has 1 fully saturated rings. The molecule has 14 heavy (non-hydrogen) atoms. The molecule has 1 aliphatic rings. The van der Waals surface area contributed by atoms with Gasteiger partial charge in [0.05, 0.1) is 0 Å². The predicted octanol–water partition coefficient (Wildman–Crippen LogP) is -0.113. The van der Waals surface area contributed by atoms with Crippen molar-refractivity contribution < 1.29 is 5.11 Å². The smallest absolute Gasteiger partial charge is 0.0492 e. The first-order valence-electron chi connectivity index (χ1n) is 5.09. The fourth-order valence-electron chi connectivity index (χ4n) is 1.89. The lowest BCUT2D eigenvalue weighted by molar-refractivity contribution is 0.0547. The number of aliphatic hydroxyl groups excluding tert-OH is 1. The molecule has 0 aliphatic carbocycles. The average Bonchev–Trinajstić information content (AvgIpc) is 2.49.